The normalized spacial score (nSPS) is 11.3. The highest BCUT2D eigenvalue weighted by atomic mass is 127. The Labute approximate surface area is 81.7 Å². The Morgan fingerprint density at radius 3 is 2.00 bits per heavy atom. The fourth-order valence-corrected chi connectivity index (χ4v) is 1.03. The first-order valence-electron chi connectivity index (χ1n) is 3.09. The van der Waals surface area contributed by atoms with Crippen LogP contribution in [0, 0.1) is 0 Å². The van der Waals surface area contributed by atoms with Crippen LogP contribution in [-0.4, -0.2) is 6.30 Å². The Bertz CT molecular complexity index is 247. The lowest BCUT2D eigenvalue weighted by molar-refractivity contribution is -0.111. The largest absolute Gasteiger partial charge is 0.493 e. The molecule has 0 aliphatic carbocycles. The second-order valence-corrected chi connectivity index (χ2v) is 3.05. The Morgan fingerprint density at radius 1 is 1.08 bits per heavy atom. The van der Waals surface area contributed by atoms with Crippen LogP contribution >= 0.6 is 22.9 Å². The zero-order valence-electron chi connectivity index (χ0n) is 5.85. The van der Waals surface area contributed by atoms with Gasteiger partial charge in [0.15, 0.2) is 0 Å². The van der Waals surface area contributed by atoms with Gasteiger partial charge >= 0.3 is 6.30 Å². The van der Waals surface area contributed by atoms with Gasteiger partial charge in [0, 0.05) is 0 Å². The molecular weight excluding hydrogens is 282 g/mol. The molecular formula is C7H5F3IN. The minimum atomic E-state index is -4.32. The Balaban J connectivity index is 2.86. The molecule has 0 radical (unpaired) electrons. The van der Waals surface area contributed by atoms with Gasteiger partial charge in [-0.3, -0.25) is 0 Å². The highest BCUT2D eigenvalue weighted by Gasteiger charge is 2.35. The van der Waals surface area contributed by atoms with E-state index in [1.54, 1.807) is 18.2 Å². The van der Waals surface area contributed by atoms with Gasteiger partial charge in [0.25, 0.3) is 0 Å². The van der Waals surface area contributed by atoms with Crippen molar-refractivity contribution in [2.45, 2.75) is 6.30 Å². The quantitative estimate of drug-likeness (QED) is 0.435. The lowest BCUT2D eigenvalue weighted by atomic mass is 10.3. The van der Waals surface area contributed by atoms with Gasteiger partial charge in [0.05, 0.1) is 28.6 Å². The molecule has 0 saturated heterocycles. The topological polar surface area (TPSA) is 3.24 Å². The van der Waals surface area contributed by atoms with Crippen LogP contribution in [0.3, 0.4) is 0 Å². The van der Waals surface area contributed by atoms with Crippen molar-refractivity contribution < 1.29 is 13.2 Å². The molecule has 0 atom stereocenters. The van der Waals surface area contributed by atoms with Gasteiger partial charge < -0.3 is 0 Å². The predicted molar refractivity (Wildman–Crippen MR) is 49.0 cm³/mol. The number of para-hydroxylation sites is 1. The van der Waals surface area contributed by atoms with Crippen LogP contribution in [0.25, 0.3) is 0 Å². The SMILES string of the molecule is FC(F)(F)N(I)c1ccccc1. The zero-order chi connectivity index (χ0) is 9.19. The van der Waals surface area contributed by atoms with Gasteiger partial charge in [-0.25, -0.2) is 3.11 Å². The fraction of sp³-hybridized carbons (Fsp3) is 0.143. The summed E-state index contributed by atoms with van der Waals surface area (Å²) in [5, 5.41) is 0. The van der Waals surface area contributed by atoms with E-state index in [0.29, 0.717) is 0 Å². The third-order valence-corrected chi connectivity index (χ3v) is 2.31. The molecule has 0 spiro atoms. The van der Waals surface area contributed by atoms with E-state index in [1.165, 1.54) is 35.0 Å². The van der Waals surface area contributed by atoms with Crippen LogP contribution in [0.5, 0.6) is 0 Å². The molecule has 1 aromatic carbocycles. The summed E-state index contributed by atoms with van der Waals surface area (Å²) in [6.45, 7) is 0. The highest BCUT2D eigenvalue weighted by molar-refractivity contribution is 14.1. The molecule has 5 heteroatoms. The van der Waals surface area contributed by atoms with Crippen LogP contribution < -0.4 is 3.11 Å². The van der Waals surface area contributed by atoms with Crippen molar-refractivity contribution in [2.24, 2.45) is 0 Å². The van der Waals surface area contributed by atoms with Gasteiger partial charge in [-0.2, -0.15) is 0 Å². The summed E-state index contributed by atoms with van der Waals surface area (Å²) >= 11 is 1.22. The van der Waals surface area contributed by atoms with Crippen molar-refractivity contribution in [2.75, 3.05) is 3.11 Å². The summed E-state index contributed by atoms with van der Waals surface area (Å²) in [6.07, 6.45) is -4.32. The number of halogens is 4. The number of nitrogens with zero attached hydrogens (tertiary/aromatic N) is 1. The average molecular weight is 287 g/mol. The van der Waals surface area contributed by atoms with Crippen molar-refractivity contribution >= 4 is 28.6 Å². The van der Waals surface area contributed by atoms with E-state index in [0.717, 1.165) is 0 Å². The maximum atomic E-state index is 12.1. The Kier molecular flexibility index (Phi) is 2.81. The van der Waals surface area contributed by atoms with Gasteiger partial charge in [-0.05, 0) is 12.1 Å². The number of rotatable bonds is 1. The lowest BCUT2D eigenvalue weighted by Gasteiger charge is -2.18. The molecule has 0 saturated carbocycles. The molecule has 12 heavy (non-hydrogen) atoms. The van der Waals surface area contributed by atoms with Gasteiger partial charge in [0.1, 0.15) is 0 Å². The van der Waals surface area contributed by atoms with Gasteiger partial charge in [-0.15, -0.1) is 13.2 Å². The Hall–Kier alpha value is -0.460. The molecule has 66 valence electrons. The molecule has 1 rings (SSSR count). The summed E-state index contributed by atoms with van der Waals surface area (Å²) in [4.78, 5) is 0. The molecule has 0 heterocycles. The molecule has 1 aromatic rings. The summed E-state index contributed by atoms with van der Waals surface area (Å²) in [6, 6.07) is 7.60. The summed E-state index contributed by atoms with van der Waals surface area (Å²) < 4.78 is 36.4. The maximum absolute atomic E-state index is 12.1. The molecule has 0 fully saturated rings. The van der Waals surface area contributed by atoms with Crippen LogP contribution in [0.2, 0.25) is 0 Å². The molecule has 0 aromatic heterocycles. The standard InChI is InChI=1S/C7H5F3IN/c8-7(9,10)12(11)6-4-2-1-3-5-6/h1-5H. The molecule has 1 nitrogen and oxygen atoms in total. The molecule has 0 unspecified atom stereocenters. The molecule has 0 aliphatic heterocycles. The van der Waals surface area contributed by atoms with Gasteiger partial charge in [0.2, 0.25) is 0 Å². The Morgan fingerprint density at radius 2 is 1.58 bits per heavy atom. The van der Waals surface area contributed by atoms with Crippen LogP contribution in [0.1, 0.15) is 0 Å². The van der Waals surface area contributed by atoms with Crippen molar-refractivity contribution in [1.82, 2.24) is 0 Å². The first kappa shape index (κ1) is 9.63. The van der Waals surface area contributed by atoms with Crippen molar-refractivity contribution in [3.8, 4) is 0 Å². The summed E-state index contributed by atoms with van der Waals surface area (Å²) in [5.41, 5.74) is 0.130. The van der Waals surface area contributed by atoms with Crippen LogP contribution in [-0.2, 0) is 0 Å². The summed E-state index contributed by atoms with van der Waals surface area (Å²) in [5.74, 6) is 0. The van der Waals surface area contributed by atoms with Crippen LogP contribution in [0.15, 0.2) is 30.3 Å². The molecule has 0 bridgehead atoms. The number of hydrogen-bond acceptors (Lipinski definition) is 1. The summed E-state index contributed by atoms with van der Waals surface area (Å²) in [7, 11) is 0. The van der Waals surface area contributed by atoms with E-state index in [1.807, 2.05) is 0 Å². The molecule has 0 aliphatic rings. The number of hydrogen-bond donors (Lipinski definition) is 0. The second-order valence-electron chi connectivity index (χ2n) is 2.08. The van der Waals surface area contributed by atoms with E-state index < -0.39 is 6.30 Å². The lowest BCUT2D eigenvalue weighted by Crippen LogP contribution is -2.28. The van der Waals surface area contributed by atoms with Crippen molar-refractivity contribution in [3.05, 3.63) is 30.3 Å². The fourth-order valence-electron chi connectivity index (χ4n) is 0.705. The minimum absolute atomic E-state index is 0.130. The van der Waals surface area contributed by atoms with Crippen molar-refractivity contribution in [1.29, 1.82) is 0 Å². The van der Waals surface area contributed by atoms with Crippen LogP contribution in [0.4, 0.5) is 18.9 Å². The maximum Gasteiger partial charge on any atom is 0.493 e. The highest BCUT2D eigenvalue weighted by Crippen LogP contribution is 2.31. The zero-order valence-corrected chi connectivity index (χ0v) is 8.00. The van der Waals surface area contributed by atoms with E-state index >= 15 is 0 Å². The third-order valence-electron chi connectivity index (χ3n) is 1.21. The first-order valence-corrected chi connectivity index (χ1v) is 4.06. The predicted octanol–water partition coefficient (Wildman–Crippen LogP) is 3.36. The van der Waals surface area contributed by atoms with Gasteiger partial charge in [-0.1, -0.05) is 18.2 Å². The molecule has 0 N–H and O–H groups in total. The molecule has 0 amide bonds. The second kappa shape index (κ2) is 3.51. The smallest absolute Gasteiger partial charge is 0.224 e. The van der Waals surface area contributed by atoms with E-state index in [2.05, 4.69) is 0 Å². The van der Waals surface area contributed by atoms with Crippen molar-refractivity contribution in [3.63, 3.8) is 0 Å². The van der Waals surface area contributed by atoms with E-state index in [-0.39, 0.29) is 8.80 Å². The third kappa shape index (κ3) is 2.26. The number of benzene rings is 1. The number of alkyl halides is 3. The minimum Gasteiger partial charge on any atom is -0.224 e. The average Bonchev–Trinajstić information content (AvgIpc) is 2.03. The first-order chi connectivity index (χ1) is 5.52. The van der Waals surface area contributed by atoms with E-state index in [4.69, 9.17) is 0 Å². The monoisotopic (exact) mass is 287 g/mol. The van der Waals surface area contributed by atoms with E-state index in [9.17, 15) is 13.2 Å². The number of anilines is 1.